The minimum atomic E-state index is 0.440. The molecule has 6 nitrogen and oxygen atoms in total. The molecule has 0 aliphatic carbocycles. The maximum Gasteiger partial charge on any atom is 0.164 e. The SMILES string of the molecule is COc1cc(OC)c(OC)cc1CNc1ncccc1C#N. The molecule has 22 heavy (non-hydrogen) atoms. The van der Waals surface area contributed by atoms with E-state index in [1.165, 1.54) is 0 Å². The lowest BCUT2D eigenvalue weighted by Gasteiger charge is -2.15. The number of anilines is 1. The zero-order valence-electron chi connectivity index (χ0n) is 12.7. The first-order valence-corrected chi connectivity index (χ1v) is 6.61. The Kier molecular flexibility index (Phi) is 5.04. The maximum atomic E-state index is 9.08. The fraction of sp³-hybridized carbons (Fsp3) is 0.250. The van der Waals surface area contributed by atoms with Gasteiger partial charge in [-0.3, -0.25) is 0 Å². The Morgan fingerprint density at radius 2 is 1.77 bits per heavy atom. The minimum absolute atomic E-state index is 0.440. The number of pyridine rings is 1. The third-order valence-corrected chi connectivity index (χ3v) is 3.16. The molecule has 0 saturated carbocycles. The van der Waals surface area contributed by atoms with Gasteiger partial charge in [-0.2, -0.15) is 5.26 Å². The Bertz CT molecular complexity index is 696. The lowest BCUT2D eigenvalue weighted by atomic mass is 10.1. The van der Waals surface area contributed by atoms with Crippen LogP contribution in [0, 0.1) is 11.3 Å². The number of benzene rings is 1. The molecule has 0 amide bonds. The van der Waals surface area contributed by atoms with Crippen LogP contribution in [0.4, 0.5) is 5.82 Å². The number of methoxy groups -OCH3 is 3. The second-order valence-electron chi connectivity index (χ2n) is 4.38. The highest BCUT2D eigenvalue weighted by Gasteiger charge is 2.12. The van der Waals surface area contributed by atoms with Crippen molar-refractivity contribution >= 4 is 5.82 Å². The molecule has 0 spiro atoms. The molecule has 2 rings (SSSR count). The number of aromatic nitrogens is 1. The molecule has 0 aliphatic heterocycles. The second-order valence-corrected chi connectivity index (χ2v) is 4.38. The van der Waals surface area contributed by atoms with Gasteiger partial charge < -0.3 is 19.5 Å². The molecule has 2 aromatic rings. The van der Waals surface area contributed by atoms with E-state index in [1.807, 2.05) is 6.07 Å². The van der Waals surface area contributed by atoms with E-state index < -0.39 is 0 Å². The molecule has 0 aliphatic rings. The van der Waals surface area contributed by atoms with Crippen LogP contribution in [0.25, 0.3) is 0 Å². The van der Waals surface area contributed by atoms with Crippen molar-refractivity contribution in [1.82, 2.24) is 4.98 Å². The van der Waals surface area contributed by atoms with Gasteiger partial charge >= 0.3 is 0 Å². The van der Waals surface area contributed by atoms with E-state index in [2.05, 4.69) is 16.4 Å². The molecule has 0 radical (unpaired) electrons. The number of hydrogen-bond acceptors (Lipinski definition) is 6. The maximum absolute atomic E-state index is 9.08. The van der Waals surface area contributed by atoms with Crippen LogP contribution in [0.3, 0.4) is 0 Å². The topological polar surface area (TPSA) is 76.4 Å². The molecule has 0 fully saturated rings. The van der Waals surface area contributed by atoms with Crippen molar-refractivity contribution in [3.05, 3.63) is 41.6 Å². The second kappa shape index (κ2) is 7.18. The molecule has 6 heteroatoms. The summed E-state index contributed by atoms with van der Waals surface area (Å²) >= 11 is 0. The molecule has 0 unspecified atom stereocenters. The molecule has 1 aromatic heterocycles. The predicted octanol–water partition coefficient (Wildman–Crippen LogP) is 2.59. The van der Waals surface area contributed by atoms with Crippen molar-refractivity contribution in [1.29, 1.82) is 5.26 Å². The van der Waals surface area contributed by atoms with Gasteiger partial charge in [-0.15, -0.1) is 0 Å². The van der Waals surface area contributed by atoms with Gasteiger partial charge in [-0.05, 0) is 18.2 Å². The summed E-state index contributed by atoms with van der Waals surface area (Å²) in [6.45, 7) is 0.440. The summed E-state index contributed by atoms with van der Waals surface area (Å²) in [4.78, 5) is 4.17. The van der Waals surface area contributed by atoms with Crippen molar-refractivity contribution in [2.45, 2.75) is 6.54 Å². The number of nitrogens with zero attached hydrogens (tertiary/aromatic N) is 2. The smallest absolute Gasteiger partial charge is 0.164 e. The van der Waals surface area contributed by atoms with E-state index in [4.69, 9.17) is 19.5 Å². The summed E-state index contributed by atoms with van der Waals surface area (Å²) < 4.78 is 15.9. The quantitative estimate of drug-likeness (QED) is 0.883. The third-order valence-electron chi connectivity index (χ3n) is 3.16. The highest BCUT2D eigenvalue weighted by molar-refractivity contribution is 5.54. The predicted molar refractivity (Wildman–Crippen MR) is 82.4 cm³/mol. The van der Waals surface area contributed by atoms with E-state index in [-0.39, 0.29) is 0 Å². The van der Waals surface area contributed by atoms with Gasteiger partial charge in [0.15, 0.2) is 11.5 Å². The van der Waals surface area contributed by atoms with Crippen molar-refractivity contribution in [3.63, 3.8) is 0 Å². The Morgan fingerprint density at radius 3 is 2.41 bits per heavy atom. The van der Waals surface area contributed by atoms with Crippen LogP contribution < -0.4 is 19.5 Å². The van der Waals surface area contributed by atoms with Gasteiger partial charge in [0.2, 0.25) is 0 Å². The van der Waals surface area contributed by atoms with Crippen molar-refractivity contribution in [3.8, 4) is 23.3 Å². The van der Waals surface area contributed by atoms with Crippen LogP contribution in [0.5, 0.6) is 17.2 Å². The summed E-state index contributed by atoms with van der Waals surface area (Å²) in [5.41, 5.74) is 1.36. The third kappa shape index (κ3) is 3.20. The van der Waals surface area contributed by atoms with Gasteiger partial charge in [-0.1, -0.05) is 0 Å². The Hall–Kier alpha value is -2.94. The average molecular weight is 299 g/mol. The number of nitrogens with one attached hydrogen (secondary N) is 1. The first-order valence-electron chi connectivity index (χ1n) is 6.61. The number of ether oxygens (including phenoxy) is 3. The van der Waals surface area contributed by atoms with Crippen molar-refractivity contribution in [2.24, 2.45) is 0 Å². The molecule has 0 atom stereocenters. The van der Waals surface area contributed by atoms with Crippen molar-refractivity contribution in [2.75, 3.05) is 26.6 Å². The van der Waals surface area contributed by atoms with E-state index in [1.54, 1.807) is 45.7 Å². The summed E-state index contributed by atoms with van der Waals surface area (Å²) in [6, 6.07) is 9.13. The lowest BCUT2D eigenvalue weighted by molar-refractivity contribution is 0.347. The highest BCUT2D eigenvalue weighted by Crippen LogP contribution is 2.34. The van der Waals surface area contributed by atoms with E-state index >= 15 is 0 Å². The largest absolute Gasteiger partial charge is 0.496 e. The summed E-state index contributed by atoms with van der Waals surface area (Å²) in [5.74, 6) is 2.40. The molecule has 1 aromatic carbocycles. The van der Waals surface area contributed by atoms with Crippen LogP contribution in [0.2, 0.25) is 0 Å². The number of rotatable bonds is 6. The Labute approximate surface area is 129 Å². The van der Waals surface area contributed by atoms with Crippen LogP contribution in [-0.4, -0.2) is 26.3 Å². The minimum Gasteiger partial charge on any atom is -0.496 e. The highest BCUT2D eigenvalue weighted by atomic mass is 16.5. The normalized spacial score (nSPS) is 9.73. The molecule has 0 saturated heterocycles. The van der Waals surface area contributed by atoms with Crippen LogP contribution in [0.1, 0.15) is 11.1 Å². The zero-order chi connectivity index (χ0) is 15.9. The molecule has 0 bridgehead atoms. The Morgan fingerprint density at radius 1 is 1.09 bits per heavy atom. The molecular weight excluding hydrogens is 282 g/mol. The van der Waals surface area contributed by atoms with Crippen LogP contribution in [-0.2, 0) is 6.54 Å². The van der Waals surface area contributed by atoms with E-state index in [0.29, 0.717) is 35.2 Å². The van der Waals surface area contributed by atoms with E-state index in [9.17, 15) is 0 Å². The summed E-state index contributed by atoms with van der Waals surface area (Å²) in [6.07, 6.45) is 1.63. The van der Waals surface area contributed by atoms with Crippen LogP contribution in [0.15, 0.2) is 30.5 Å². The molecule has 114 valence electrons. The van der Waals surface area contributed by atoms with Gasteiger partial charge in [0.1, 0.15) is 17.6 Å². The first-order chi connectivity index (χ1) is 10.7. The average Bonchev–Trinajstić information content (AvgIpc) is 2.59. The Balaban J connectivity index is 2.27. The zero-order valence-corrected chi connectivity index (χ0v) is 12.7. The standard InChI is InChI=1S/C16H17N3O3/c1-20-13-8-15(22-3)14(21-2)7-12(13)10-19-16-11(9-17)5-4-6-18-16/h4-8H,10H2,1-3H3,(H,18,19). The van der Waals surface area contributed by atoms with Gasteiger partial charge in [0, 0.05) is 24.4 Å². The first kappa shape index (κ1) is 15.4. The summed E-state index contributed by atoms with van der Waals surface area (Å²) in [5, 5.41) is 12.2. The van der Waals surface area contributed by atoms with Gasteiger partial charge in [0.05, 0.1) is 26.9 Å². The lowest BCUT2D eigenvalue weighted by Crippen LogP contribution is -2.05. The molecule has 1 N–H and O–H groups in total. The monoisotopic (exact) mass is 299 g/mol. The molecular formula is C16H17N3O3. The van der Waals surface area contributed by atoms with Crippen molar-refractivity contribution < 1.29 is 14.2 Å². The fourth-order valence-corrected chi connectivity index (χ4v) is 2.05. The fourth-order valence-electron chi connectivity index (χ4n) is 2.05. The number of hydrogen-bond donors (Lipinski definition) is 1. The van der Waals surface area contributed by atoms with Gasteiger partial charge in [-0.25, -0.2) is 4.98 Å². The molecule has 1 heterocycles. The number of nitriles is 1. The van der Waals surface area contributed by atoms with Gasteiger partial charge in [0.25, 0.3) is 0 Å². The van der Waals surface area contributed by atoms with Crippen LogP contribution >= 0.6 is 0 Å². The summed E-state index contributed by atoms with van der Waals surface area (Å²) in [7, 11) is 4.74. The van der Waals surface area contributed by atoms with E-state index in [0.717, 1.165) is 5.56 Å².